The smallest absolute Gasteiger partial charge is 0.251 e. The van der Waals surface area contributed by atoms with E-state index < -0.39 is 0 Å². The number of nitrogens with zero attached hydrogens (tertiary/aromatic N) is 1. The van der Waals surface area contributed by atoms with E-state index in [-0.39, 0.29) is 42.5 Å². The van der Waals surface area contributed by atoms with Crippen molar-refractivity contribution in [2.45, 2.75) is 39.0 Å². The lowest BCUT2D eigenvalue weighted by Crippen LogP contribution is -2.43. The highest BCUT2D eigenvalue weighted by Gasteiger charge is 2.29. The Kier molecular flexibility index (Phi) is 7.34. The number of benzene rings is 1. The van der Waals surface area contributed by atoms with Gasteiger partial charge < -0.3 is 10.6 Å². The minimum atomic E-state index is -0.344. The highest BCUT2D eigenvalue weighted by molar-refractivity contribution is 5.99. The number of carbonyl (C=O) groups is 3. The van der Waals surface area contributed by atoms with Crippen LogP contribution in [0.1, 0.15) is 59.7 Å². The van der Waals surface area contributed by atoms with Crippen molar-refractivity contribution >= 4 is 17.6 Å². The van der Waals surface area contributed by atoms with Crippen LogP contribution in [0.5, 0.6) is 0 Å². The molecular formula is C20H25N3O3. The van der Waals surface area contributed by atoms with Crippen LogP contribution in [-0.2, 0) is 4.79 Å². The topological polar surface area (TPSA) is 99.1 Å². The molecule has 1 unspecified atom stereocenters. The van der Waals surface area contributed by atoms with Crippen molar-refractivity contribution in [3.63, 3.8) is 0 Å². The minimum absolute atomic E-state index is 0.0311. The SMILES string of the molecule is CC(=O)c1cccc(C(=O)NCC(C(=O)NCC#N)C2CCCCC2)c1. The largest absolute Gasteiger partial charge is 0.351 e. The van der Waals surface area contributed by atoms with Crippen LogP contribution in [0.2, 0.25) is 0 Å². The molecule has 2 rings (SSSR count). The molecule has 6 heteroatoms. The van der Waals surface area contributed by atoms with E-state index >= 15 is 0 Å². The third kappa shape index (κ3) is 5.41. The molecule has 1 saturated carbocycles. The zero-order chi connectivity index (χ0) is 18.9. The van der Waals surface area contributed by atoms with Crippen molar-refractivity contribution in [3.05, 3.63) is 35.4 Å². The van der Waals surface area contributed by atoms with E-state index in [0.717, 1.165) is 25.7 Å². The van der Waals surface area contributed by atoms with Crippen LogP contribution in [0.3, 0.4) is 0 Å². The summed E-state index contributed by atoms with van der Waals surface area (Å²) < 4.78 is 0. The molecular weight excluding hydrogens is 330 g/mol. The van der Waals surface area contributed by atoms with E-state index in [2.05, 4.69) is 10.6 Å². The summed E-state index contributed by atoms with van der Waals surface area (Å²) in [4.78, 5) is 36.3. The fourth-order valence-corrected chi connectivity index (χ4v) is 3.45. The molecule has 26 heavy (non-hydrogen) atoms. The van der Waals surface area contributed by atoms with E-state index in [1.165, 1.54) is 13.3 Å². The maximum Gasteiger partial charge on any atom is 0.251 e. The van der Waals surface area contributed by atoms with E-state index in [1.807, 2.05) is 6.07 Å². The average molecular weight is 355 g/mol. The van der Waals surface area contributed by atoms with Crippen molar-refractivity contribution in [1.82, 2.24) is 10.6 Å². The van der Waals surface area contributed by atoms with Gasteiger partial charge in [-0.3, -0.25) is 14.4 Å². The molecule has 0 spiro atoms. The standard InChI is InChI=1S/C20H25N3O3/c1-14(24)16-8-5-9-17(12-16)19(25)23-13-18(20(26)22-11-10-21)15-6-3-2-4-7-15/h5,8-9,12,15,18H,2-4,6-7,11,13H2,1H3,(H,22,26)(H,23,25). The van der Waals surface area contributed by atoms with Crippen molar-refractivity contribution in [1.29, 1.82) is 5.26 Å². The Hall–Kier alpha value is -2.68. The van der Waals surface area contributed by atoms with Gasteiger partial charge >= 0.3 is 0 Å². The van der Waals surface area contributed by atoms with Crippen LogP contribution >= 0.6 is 0 Å². The number of amides is 2. The molecule has 2 amide bonds. The van der Waals surface area contributed by atoms with Gasteiger partial charge in [-0.1, -0.05) is 31.4 Å². The van der Waals surface area contributed by atoms with E-state index in [1.54, 1.807) is 24.3 Å². The van der Waals surface area contributed by atoms with Crippen LogP contribution in [0.4, 0.5) is 0 Å². The Labute approximate surface area is 154 Å². The van der Waals surface area contributed by atoms with Gasteiger partial charge in [0.25, 0.3) is 5.91 Å². The predicted molar refractivity (Wildman–Crippen MR) is 97.5 cm³/mol. The quantitative estimate of drug-likeness (QED) is 0.580. The maximum absolute atomic E-state index is 12.4. The molecule has 138 valence electrons. The number of carbonyl (C=O) groups excluding carboxylic acids is 3. The fraction of sp³-hybridized carbons (Fsp3) is 0.500. The van der Waals surface area contributed by atoms with Gasteiger partial charge in [0.1, 0.15) is 6.54 Å². The van der Waals surface area contributed by atoms with Gasteiger partial charge in [-0.05, 0) is 37.8 Å². The Morgan fingerprint density at radius 2 is 1.85 bits per heavy atom. The van der Waals surface area contributed by atoms with E-state index in [4.69, 9.17) is 5.26 Å². The van der Waals surface area contributed by atoms with Crippen LogP contribution in [-0.4, -0.2) is 30.7 Å². The number of Topliss-reactive ketones (excluding diaryl/α,β-unsaturated/α-hetero) is 1. The molecule has 0 heterocycles. The monoisotopic (exact) mass is 355 g/mol. The van der Waals surface area contributed by atoms with Gasteiger partial charge in [0.2, 0.25) is 5.91 Å². The third-order valence-corrected chi connectivity index (χ3v) is 4.91. The van der Waals surface area contributed by atoms with E-state index in [0.29, 0.717) is 11.1 Å². The average Bonchev–Trinajstić information content (AvgIpc) is 2.67. The normalized spacial score (nSPS) is 15.5. The Morgan fingerprint density at radius 1 is 1.15 bits per heavy atom. The highest BCUT2D eigenvalue weighted by Crippen LogP contribution is 2.30. The molecule has 2 N–H and O–H groups in total. The third-order valence-electron chi connectivity index (χ3n) is 4.91. The van der Waals surface area contributed by atoms with Crippen LogP contribution in [0.15, 0.2) is 24.3 Å². The number of hydrogen-bond acceptors (Lipinski definition) is 4. The van der Waals surface area contributed by atoms with E-state index in [9.17, 15) is 14.4 Å². The number of nitrogens with one attached hydrogen (secondary N) is 2. The summed E-state index contributed by atoms with van der Waals surface area (Å²) in [6.45, 7) is 1.65. The highest BCUT2D eigenvalue weighted by atomic mass is 16.2. The molecule has 1 aliphatic rings. The number of hydrogen-bond donors (Lipinski definition) is 2. The van der Waals surface area contributed by atoms with Gasteiger partial charge in [0.05, 0.1) is 12.0 Å². The number of ketones is 1. The second-order valence-corrected chi connectivity index (χ2v) is 6.73. The fourth-order valence-electron chi connectivity index (χ4n) is 3.45. The summed E-state index contributed by atoms with van der Waals surface area (Å²) in [5, 5.41) is 14.1. The first kappa shape index (κ1) is 19.6. The summed E-state index contributed by atoms with van der Waals surface area (Å²) in [5.74, 6) is -0.719. The number of nitriles is 1. The van der Waals surface area contributed by atoms with Crippen molar-refractivity contribution in [2.24, 2.45) is 11.8 Å². The lowest BCUT2D eigenvalue weighted by Gasteiger charge is -2.29. The molecule has 1 aromatic carbocycles. The molecule has 0 aliphatic heterocycles. The predicted octanol–water partition coefficient (Wildman–Crippen LogP) is 2.46. The first-order valence-corrected chi connectivity index (χ1v) is 9.06. The first-order chi connectivity index (χ1) is 12.5. The zero-order valence-electron chi connectivity index (χ0n) is 15.1. The maximum atomic E-state index is 12.4. The van der Waals surface area contributed by atoms with Gasteiger partial charge in [-0.25, -0.2) is 0 Å². The zero-order valence-corrected chi connectivity index (χ0v) is 15.1. The van der Waals surface area contributed by atoms with Crippen molar-refractivity contribution in [3.8, 4) is 6.07 Å². The second kappa shape index (κ2) is 9.71. The van der Waals surface area contributed by atoms with Crippen LogP contribution in [0.25, 0.3) is 0 Å². The summed E-state index contributed by atoms with van der Waals surface area (Å²) >= 11 is 0. The second-order valence-electron chi connectivity index (χ2n) is 6.73. The van der Waals surface area contributed by atoms with Gasteiger partial charge in [-0.2, -0.15) is 5.26 Å². The summed E-state index contributed by atoms with van der Waals surface area (Å²) in [7, 11) is 0. The summed E-state index contributed by atoms with van der Waals surface area (Å²) in [5.41, 5.74) is 0.880. The van der Waals surface area contributed by atoms with Gasteiger partial charge in [0.15, 0.2) is 5.78 Å². The Morgan fingerprint density at radius 3 is 2.50 bits per heavy atom. The summed E-state index contributed by atoms with van der Waals surface area (Å²) in [6, 6.07) is 8.45. The minimum Gasteiger partial charge on any atom is -0.351 e. The molecule has 0 aromatic heterocycles. The molecule has 1 atom stereocenters. The Bertz CT molecular complexity index is 702. The molecule has 0 saturated heterocycles. The van der Waals surface area contributed by atoms with Crippen molar-refractivity contribution < 1.29 is 14.4 Å². The molecule has 1 aliphatic carbocycles. The first-order valence-electron chi connectivity index (χ1n) is 9.06. The number of rotatable bonds is 7. The van der Waals surface area contributed by atoms with Gasteiger partial charge in [0, 0.05) is 17.7 Å². The van der Waals surface area contributed by atoms with Crippen LogP contribution in [0, 0.1) is 23.2 Å². The molecule has 6 nitrogen and oxygen atoms in total. The summed E-state index contributed by atoms with van der Waals surface area (Å²) in [6.07, 6.45) is 5.26. The molecule has 0 bridgehead atoms. The lowest BCUT2D eigenvalue weighted by atomic mass is 9.79. The lowest BCUT2D eigenvalue weighted by molar-refractivity contribution is -0.126. The molecule has 1 fully saturated rings. The van der Waals surface area contributed by atoms with Crippen molar-refractivity contribution in [2.75, 3.05) is 13.1 Å². The molecule has 1 aromatic rings. The van der Waals surface area contributed by atoms with Gasteiger partial charge in [-0.15, -0.1) is 0 Å². The molecule has 0 radical (unpaired) electrons. The van der Waals surface area contributed by atoms with Crippen LogP contribution < -0.4 is 10.6 Å². The Balaban J connectivity index is 2.04.